The number of benzene rings is 4. The molecule has 0 radical (unpaired) electrons. The number of urea groups is 1. The highest BCUT2D eigenvalue weighted by molar-refractivity contribution is 6.34. The molecule has 20 heteroatoms. The zero-order chi connectivity index (χ0) is 53.8. The van der Waals surface area contributed by atoms with E-state index in [1.165, 1.54) is 40.9 Å². The van der Waals surface area contributed by atoms with Gasteiger partial charge >= 0.3 is 6.03 Å². The van der Waals surface area contributed by atoms with E-state index in [0.29, 0.717) is 70.3 Å². The number of aryl methyl sites for hydroxylation is 1. The van der Waals surface area contributed by atoms with Crippen molar-refractivity contribution in [1.29, 1.82) is 0 Å². The first-order valence-corrected chi connectivity index (χ1v) is 26.6. The third-order valence-corrected chi connectivity index (χ3v) is 17.3. The topological polar surface area (TPSA) is 171 Å². The van der Waals surface area contributed by atoms with Crippen LogP contribution in [0.1, 0.15) is 111 Å². The molecule has 15 nitrogen and oxygen atoms in total. The number of fused-ring (bicyclic) bond motifs is 2. The number of likely N-dealkylation sites (tertiary alicyclic amines) is 2. The summed E-state index contributed by atoms with van der Waals surface area (Å²) in [7, 11) is 2.96. The molecular weight excluding hydrogens is 1010 g/mol. The number of amides is 5. The molecule has 1 saturated carbocycles. The van der Waals surface area contributed by atoms with Crippen LogP contribution < -0.4 is 30.3 Å². The number of anilines is 1. The molecule has 3 saturated heterocycles. The van der Waals surface area contributed by atoms with E-state index in [1.54, 1.807) is 7.05 Å². The molecule has 0 unspecified atom stereocenters. The number of aromatic nitrogens is 2. The van der Waals surface area contributed by atoms with Crippen LogP contribution in [0.15, 0.2) is 54.6 Å². The third kappa shape index (κ3) is 9.44. The second-order valence-corrected chi connectivity index (χ2v) is 21.6. The van der Waals surface area contributed by atoms with Crippen LogP contribution in [0.2, 0.25) is 5.02 Å². The number of nitrogens with zero attached hydrogens (tertiary/aromatic N) is 5. The highest BCUT2D eigenvalue weighted by Crippen LogP contribution is 2.57. The van der Waals surface area contributed by atoms with E-state index >= 15 is 17.6 Å². The summed E-state index contributed by atoms with van der Waals surface area (Å²) in [5.74, 6) is -4.97. The van der Waals surface area contributed by atoms with Gasteiger partial charge in [0.15, 0.2) is 28.8 Å². The SMILES string of the molecule is CNC(=O)c1ccc(OCCO)c(F)c1-c1c(Cl)c(F)cc2c1[C@H](C)[C@@](CNC1CCC(C)(C(=O)N3CCC(N4CCC(c5c(F)cc6c(N7CCC(=O)NC7=O)nn(C)c6c5F)CC4)CC3)CC1)(c1ccccc1)O2. The Morgan fingerprint density at radius 3 is 2.29 bits per heavy atom. The Kier molecular flexibility index (Phi) is 14.9. The van der Waals surface area contributed by atoms with Crippen LogP contribution in [0.3, 0.4) is 0 Å². The number of carbonyl (C=O) groups is 4. The smallest absolute Gasteiger partial charge is 0.329 e. The summed E-state index contributed by atoms with van der Waals surface area (Å²) in [6.07, 6.45) is 5.48. The molecule has 5 amide bonds. The van der Waals surface area contributed by atoms with Gasteiger partial charge in [0.1, 0.15) is 29.5 Å². The van der Waals surface area contributed by atoms with Crippen molar-refractivity contribution >= 4 is 52.1 Å². The van der Waals surface area contributed by atoms with Crippen molar-refractivity contribution in [2.45, 2.75) is 101 Å². The van der Waals surface area contributed by atoms with Crippen LogP contribution in [0, 0.1) is 28.7 Å². The van der Waals surface area contributed by atoms with E-state index in [4.69, 9.17) is 21.1 Å². The molecule has 4 aliphatic heterocycles. The molecule has 4 N–H and O–H groups in total. The van der Waals surface area contributed by atoms with Gasteiger partial charge in [-0.15, -0.1) is 0 Å². The molecule has 4 fully saturated rings. The average molecular weight is 1070 g/mol. The summed E-state index contributed by atoms with van der Waals surface area (Å²) >= 11 is 6.79. The lowest BCUT2D eigenvalue weighted by Crippen LogP contribution is -2.53. The number of carbonyl (C=O) groups excluding carboxylic acids is 4. The zero-order valence-corrected chi connectivity index (χ0v) is 43.8. The minimum atomic E-state index is -1.13. The number of nitrogens with one attached hydrogen (secondary N) is 3. The van der Waals surface area contributed by atoms with Crippen molar-refractivity contribution in [3.05, 3.63) is 105 Å². The lowest BCUT2D eigenvalue weighted by atomic mass is 9.72. The average Bonchev–Trinajstić information content (AvgIpc) is 3.90. The van der Waals surface area contributed by atoms with Gasteiger partial charge in [0.25, 0.3) is 5.91 Å². The lowest BCUT2D eigenvalue weighted by molar-refractivity contribution is -0.145. The fourth-order valence-electron chi connectivity index (χ4n) is 12.6. The monoisotopic (exact) mass is 1070 g/mol. The van der Waals surface area contributed by atoms with Crippen LogP contribution >= 0.6 is 11.6 Å². The minimum absolute atomic E-state index is 0.00777. The molecule has 76 heavy (non-hydrogen) atoms. The standard InChI is InChI=1S/C56H63ClF4N8O7/c1-31-43-41(29-39(59)47(57)46(43)45-36(52(72)62-3)10-11-40(48(45)60)75-27-26-70)76-56(31,33-8-6-5-7-9-33)30-63-34-12-19-55(2,20-13-34)53(73)68-23-16-35(17-24-68)67-21-14-32(15-22-67)44-38(58)28-37-50(49(44)61)66(4)65-51(37)69-25-18-42(71)64-54(69)74/h5-11,28-29,31-32,34-35,63,70H,12-27,30H2,1-4H3,(H,62,72)(H,64,71,74)/t31-,34?,55?,56-/m0/s1. The number of hydrogen-bond donors (Lipinski definition) is 4. The van der Waals surface area contributed by atoms with Crippen molar-refractivity contribution in [1.82, 2.24) is 35.5 Å². The normalized spacial score (nSPS) is 23.7. The Hall–Kier alpha value is -6.28. The number of aliphatic hydroxyl groups excluding tert-OH is 1. The van der Waals surface area contributed by atoms with Gasteiger partial charge < -0.3 is 35.0 Å². The van der Waals surface area contributed by atoms with Gasteiger partial charge in [-0.2, -0.15) is 5.10 Å². The van der Waals surface area contributed by atoms with Crippen LogP contribution in [-0.4, -0.2) is 120 Å². The van der Waals surface area contributed by atoms with Crippen molar-refractivity contribution in [3.63, 3.8) is 0 Å². The van der Waals surface area contributed by atoms with E-state index in [0.717, 1.165) is 18.4 Å². The molecule has 5 aromatic rings. The first-order valence-electron chi connectivity index (χ1n) is 26.3. The van der Waals surface area contributed by atoms with Gasteiger partial charge in [-0.25, -0.2) is 22.4 Å². The Morgan fingerprint density at radius 2 is 1.62 bits per heavy atom. The zero-order valence-electron chi connectivity index (χ0n) is 43.0. The predicted octanol–water partition coefficient (Wildman–Crippen LogP) is 8.43. The van der Waals surface area contributed by atoms with Gasteiger partial charge in [0.2, 0.25) is 11.8 Å². The van der Waals surface area contributed by atoms with Crippen molar-refractivity contribution < 1.29 is 51.3 Å². The first kappa shape index (κ1) is 53.1. The summed E-state index contributed by atoms with van der Waals surface area (Å²) in [5.41, 5.74) is -0.725. The number of rotatable bonds is 13. The number of piperidine rings is 2. The molecule has 5 heterocycles. The maximum atomic E-state index is 16.7. The summed E-state index contributed by atoms with van der Waals surface area (Å²) < 4.78 is 78.6. The summed E-state index contributed by atoms with van der Waals surface area (Å²) in [5, 5.41) is 22.1. The first-order chi connectivity index (χ1) is 36.5. The number of hydrogen-bond acceptors (Lipinski definition) is 10. The van der Waals surface area contributed by atoms with E-state index in [-0.39, 0.29) is 112 Å². The fraction of sp³-hybridized carbons (Fsp3) is 0.482. The van der Waals surface area contributed by atoms with E-state index < -0.39 is 58.0 Å². The van der Waals surface area contributed by atoms with Gasteiger partial charge in [-0.1, -0.05) is 55.8 Å². The Balaban J connectivity index is 0.774. The fourth-order valence-corrected chi connectivity index (χ4v) is 12.9. The largest absolute Gasteiger partial charge is 0.488 e. The molecule has 0 spiro atoms. The Bertz CT molecular complexity index is 3080. The van der Waals surface area contributed by atoms with Gasteiger partial charge in [-0.05, 0) is 94.1 Å². The molecule has 0 bridgehead atoms. The third-order valence-electron chi connectivity index (χ3n) is 16.9. The Morgan fingerprint density at radius 1 is 0.908 bits per heavy atom. The highest BCUT2D eigenvalue weighted by Gasteiger charge is 2.51. The van der Waals surface area contributed by atoms with Crippen LogP contribution in [-0.2, 0) is 22.2 Å². The van der Waals surface area contributed by atoms with Crippen LogP contribution in [0.25, 0.3) is 22.0 Å². The van der Waals surface area contributed by atoms with Crippen LogP contribution in [0.5, 0.6) is 11.5 Å². The number of aliphatic hydroxyl groups is 1. The minimum Gasteiger partial charge on any atom is -0.488 e. The maximum absolute atomic E-state index is 16.7. The molecular formula is C56H63ClF4N8O7. The maximum Gasteiger partial charge on any atom is 0.329 e. The predicted molar refractivity (Wildman–Crippen MR) is 278 cm³/mol. The Labute approximate surface area is 443 Å². The lowest BCUT2D eigenvalue weighted by Gasteiger charge is -2.45. The quantitative estimate of drug-likeness (QED) is 0.0840. The molecule has 2 atom stereocenters. The number of ether oxygens (including phenoxy) is 2. The highest BCUT2D eigenvalue weighted by atomic mass is 35.5. The molecule has 4 aromatic carbocycles. The summed E-state index contributed by atoms with van der Waals surface area (Å²) in [6.45, 7) is 6.24. The molecule has 5 aliphatic rings. The van der Waals surface area contributed by atoms with Gasteiger partial charge in [0.05, 0.1) is 22.6 Å². The van der Waals surface area contributed by atoms with Gasteiger partial charge in [-0.3, -0.25) is 29.3 Å². The van der Waals surface area contributed by atoms with Crippen molar-refractivity contribution in [2.24, 2.45) is 12.5 Å². The summed E-state index contributed by atoms with van der Waals surface area (Å²) in [6, 6.07) is 14.2. The molecule has 404 valence electrons. The second-order valence-electron chi connectivity index (χ2n) is 21.2. The number of imide groups is 1. The number of halogens is 5. The van der Waals surface area contributed by atoms with E-state index in [1.807, 2.05) is 42.2 Å². The van der Waals surface area contributed by atoms with Crippen molar-refractivity contribution in [2.75, 3.05) is 64.4 Å². The van der Waals surface area contributed by atoms with Crippen molar-refractivity contribution in [3.8, 4) is 22.6 Å². The molecule has 1 aromatic heterocycles. The van der Waals surface area contributed by atoms with Gasteiger partial charge in [0, 0.05) is 98.4 Å². The summed E-state index contributed by atoms with van der Waals surface area (Å²) in [4.78, 5) is 57.6. The second kappa shape index (κ2) is 21.3. The molecule has 10 rings (SSSR count). The molecule has 1 aliphatic carbocycles. The van der Waals surface area contributed by atoms with Crippen LogP contribution in [0.4, 0.5) is 28.2 Å². The van der Waals surface area contributed by atoms with E-state index in [2.05, 4.69) is 32.9 Å². The van der Waals surface area contributed by atoms with E-state index in [9.17, 15) is 24.3 Å².